The first kappa shape index (κ1) is 14.4. The highest BCUT2D eigenvalue weighted by molar-refractivity contribution is 5.43. The predicted octanol–water partition coefficient (Wildman–Crippen LogP) is 3.54. The van der Waals surface area contributed by atoms with Crippen LogP contribution in [0.15, 0.2) is 48.5 Å². The third kappa shape index (κ3) is 2.94. The summed E-state index contributed by atoms with van der Waals surface area (Å²) in [6.45, 7) is 2.00. The molecule has 0 saturated carbocycles. The summed E-state index contributed by atoms with van der Waals surface area (Å²) in [5.41, 5.74) is 1.83. The van der Waals surface area contributed by atoms with E-state index in [4.69, 9.17) is 9.47 Å². The van der Waals surface area contributed by atoms with Crippen LogP contribution in [0, 0.1) is 0 Å². The molecule has 0 spiro atoms. The molecule has 0 amide bonds. The van der Waals surface area contributed by atoms with Gasteiger partial charge in [0.25, 0.3) is 0 Å². The number of rotatable bonds is 5. The van der Waals surface area contributed by atoms with Crippen molar-refractivity contribution in [3.05, 3.63) is 59.7 Å². The van der Waals surface area contributed by atoms with Crippen LogP contribution in [-0.2, 0) is 0 Å². The van der Waals surface area contributed by atoms with Gasteiger partial charge >= 0.3 is 0 Å². The SMILES string of the molecule is COc1ccc(OC)c(C(O)C(C)c2ccccc2)c1. The van der Waals surface area contributed by atoms with E-state index in [1.54, 1.807) is 14.2 Å². The zero-order chi connectivity index (χ0) is 14.5. The van der Waals surface area contributed by atoms with Crippen LogP contribution >= 0.6 is 0 Å². The summed E-state index contributed by atoms with van der Waals surface area (Å²) in [5.74, 6) is 1.35. The van der Waals surface area contributed by atoms with Gasteiger partial charge in [-0.1, -0.05) is 37.3 Å². The number of aliphatic hydroxyl groups excluding tert-OH is 1. The third-order valence-corrected chi connectivity index (χ3v) is 3.55. The van der Waals surface area contributed by atoms with Crippen LogP contribution in [0.25, 0.3) is 0 Å². The first-order valence-corrected chi connectivity index (χ1v) is 6.62. The Labute approximate surface area is 119 Å². The number of aliphatic hydroxyl groups is 1. The van der Waals surface area contributed by atoms with Crippen molar-refractivity contribution in [3.63, 3.8) is 0 Å². The molecular formula is C17H20O3. The van der Waals surface area contributed by atoms with E-state index in [1.165, 1.54) is 0 Å². The maximum absolute atomic E-state index is 10.6. The molecule has 0 bridgehead atoms. The number of hydrogen-bond acceptors (Lipinski definition) is 3. The minimum Gasteiger partial charge on any atom is -0.497 e. The maximum Gasteiger partial charge on any atom is 0.124 e. The molecule has 0 radical (unpaired) electrons. The lowest BCUT2D eigenvalue weighted by molar-refractivity contribution is 0.147. The standard InChI is InChI=1S/C17H20O3/c1-12(13-7-5-4-6-8-13)17(18)15-11-14(19-2)9-10-16(15)20-3/h4-12,17-18H,1-3H3. The fraction of sp³-hybridized carbons (Fsp3) is 0.294. The lowest BCUT2D eigenvalue weighted by Crippen LogP contribution is -2.09. The van der Waals surface area contributed by atoms with Gasteiger partial charge in [-0.25, -0.2) is 0 Å². The van der Waals surface area contributed by atoms with Crippen molar-refractivity contribution < 1.29 is 14.6 Å². The molecule has 2 aromatic rings. The molecule has 0 fully saturated rings. The van der Waals surface area contributed by atoms with Crippen molar-refractivity contribution in [1.82, 2.24) is 0 Å². The molecule has 106 valence electrons. The first-order valence-electron chi connectivity index (χ1n) is 6.62. The molecule has 2 atom stereocenters. The molecule has 20 heavy (non-hydrogen) atoms. The van der Waals surface area contributed by atoms with Gasteiger partial charge in [0.05, 0.1) is 20.3 Å². The first-order chi connectivity index (χ1) is 9.67. The van der Waals surface area contributed by atoms with Crippen molar-refractivity contribution in [2.75, 3.05) is 14.2 Å². The van der Waals surface area contributed by atoms with Crippen molar-refractivity contribution in [2.24, 2.45) is 0 Å². The molecule has 1 N–H and O–H groups in total. The lowest BCUT2D eigenvalue weighted by atomic mass is 9.90. The monoisotopic (exact) mass is 272 g/mol. The van der Waals surface area contributed by atoms with Gasteiger partial charge in [0.15, 0.2) is 0 Å². The topological polar surface area (TPSA) is 38.7 Å². The second-order valence-corrected chi connectivity index (χ2v) is 4.75. The van der Waals surface area contributed by atoms with E-state index in [-0.39, 0.29) is 5.92 Å². The molecule has 3 heteroatoms. The predicted molar refractivity (Wildman–Crippen MR) is 79.4 cm³/mol. The highest BCUT2D eigenvalue weighted by Gasteiger charge is 2.22. The Morgan fingerprint density at radius 2 is 1.65 bits per heavy atom. The van der Waals surface area contributed by atoms with Crippen LogP contribution in [0.1, 0.15) is 30.1 Å². The Morgan fingerprint density at radius 1 is 0.950 bits per heavy atom. The van der Waals surface area contributed by atoms with Crippen LogP contribution in [0.3, 0.4) is 0 Å². The fourth-order valence-corrected chi connectivity index (χ4v) is 2.28. The number of benzene rings is 2. The van der Waals surface area contributed by atoms with Crippen LogP contribution in [0.2, 0.25) is 0 Å². The van der Waals surface area contributed by atoms with Crippen LogP contribution in [0.4, 0.5) is 0 Å². The highest BCUT2D eigenvalue weighted by atomic mass is 16.5. The molecule has 0 heterocycles. The van der Waals surface area contributed by atoms with Gasteiger partial charge in [0.2, 0.25) is 0 Å². The van der Waals surface area contributed by atoms with Gasteiger partial charge in [-0.15, -0.1) is 0 Å². The molecule has 0 aliphatic carbocycles. The summed E-state index contributed by atoms with van der Waals surface area (Å²) in [6.07, 6.45) is -0.651. The normalized spacial score (nSPS) is 13.6. The summed E-state index contributed by atoms with van der Waals surface area (Å²) in [7, 11) is 3.21. The Balaban J connectivity index is 2.34. The molecule has 0 aromatic heterocycles. The van der Waals surface area contributed by atoms with Crippen molar-refractivity contribution in [2.45, 2.75) is 18.9 Å². The van der Waals surface area contributed by atoms with Crippen LogP contribution in [0.5, 0.6) is 11.5 Å². The van der Waals surface area contributed by atoms with E-state index in [1.807, 2.05) is 55.5 Å². The van der Waals surface area contributed by atoms with Crippen molar-refractivity contribution >= 4 is 0 Å². The highest BCUT2D eigenvalue weighted by Crippen LogP contribution is 2.37. The summed E-state index contributed by atoms with van der Waals surface area (Å²) in [4.78, 5) is 0. The maximum atomic E-state index is 10.6. The second-order valence-electron chi connectivity index (χ2n) is 4.75. The van der Waals surface area contributed by atoms with Crippen molar-refractivity contribution in [3.8, 4) is 11.5 Å². The van der Waals surface area contributed by atoms with Gasteiger partial charge in [-0.2, -0.15) is 0 Å². The van der Waals surface area contributed by atoms with E-state index in [2.05, 4.69) is 0 Å². The minimum absolute atomic E-state index is 0.0304. The molecule has 2 rings (SSSR count). The van der Waals surface area contributed by atoms with E-state index in [9.17, 15) is 5.11 Å². The average Bonchev–Trinajstić information content (AvgIpc) is 2.53. The lowest BCUT2D eigenvalue weighted by Gasteiger charge is -2.22. The number of ether oxygens (including phenoxy) is 2. The smallest absolute Gasteiger partial charge is 0.124 e. The van der Waals surface area contributed by atoms with Gasteiger partial charge in [-0.05, 0) is 23.8 Å². The largest absolute Gasteiger partial charge is 0.497 e. The quantitative estimate of drug-likeness (QED) is 0.904. The van der Waals surface area contributed by atoms with Gasteiger partial charge in [0, 0.05) is 11.5 Å². The third-order valence-electron chi connectivity index (χ3n) is 3.55. The van der Waals surface area contributed by atoms with Gasteiger partial charge in [0.1, 0.15) is 11.5 Å². The molecular weight excluding hydrogens is 252 g/mol. The minimum atomic E-state index is -0.651. The Bertz CT molecular complexity index is 551. The zero-order valence-corrected chi connectivity index (χ0v) is 12.0. The van der Waals surface area contributed by atoms with E-state index in [0.29, 0.717) is 11.5 Å². The Kier molecular flexibility index (Phi) is 4.64. The average molecular weight is 272 g/mol. The second kappa shape index (κ2) is 6.44. The van der Waals surface area contributed by atoms with Crippen LogP contribution < -0.4 is 9.47 Å². The molecule has 0 aliphatic heterocycles. The molecule has 3 nitrogen and oxygen atoms in total. The summed E-state index contributed by atoms with van der Waals surface area (Å²) >= 11 is 0. The van der Waals surface area contributed by atoms with E-state index >= 15 is 0 Å². The molecule has 0 saturated heterocycles. The van der Waals surface area contributed by atoms with Gasteiger partial charge in [-0.3, -0.25) is 0 Å². The zero-order valence-electron chi connectivity index (χ0n) is 12.0. The Hall–Kier alpha value is -2.00. The fourth-order valence-electron chi connectivity index (χ4n) is 2.28. The van der Waals surface area contributed by atoms with Crippen LogP contribution in [-0.4, -0.2) is 19.3 Å². The number of hydrogen-bond donors (Lipinski definition) is 1. The Morgan fingerprint density at radius 3 is 2.25 bits per heavy atom. The molecule has 2 aromatic carbocycles. The van der Waals surface area contributed by atoms with E-state index < -0.39 is 6.10 Å². The van der Waals surface area contributed by atoms with Gasteiger partial charge < -0.3 is 14.6 Å². The summed E-state index contributed by atoms with van der Waals surface area (Å²) in [6, 6.07) is 15.4. The van der Waals surface area contributed by atoms with E-state index in [0.717, 1.165) is 11.1 Å². The molecule has 0 aliphatic rings. The molecule has 2 unspecified atom stereocenters. The van der Waals surface area contributed by atoms with Crippen molar-refractivity contribution in [1.29, 1.82) is 0 Å². The summed E-state index contributed by atoms with van der Waals surface area (Å²) in [5, 5.41) is 10.6. The number of methoxy groups -OCH3 is 2. The summed E-state index contributed by atoms with van der Waals surface area (Å²) < 4.78 is 10.6.